The third-order valence-electron chi connectivity index (χ3n) is 3.97. The number of aliphatic carboxylic acids is 1. The number of aryl methyl sites for hydroxylation is 1. The number of carboxylic acid groups (broad SMARTS) is 1. The largest absolute Gasteiger partial charge is 0.481 e. The van der Waals surface area contributed by atoms with E-state index < -0.39 is 5.97 Å². The summed E-state index contributed by atoms with van der Waals surface area (Å²) in [4.78, 5) is 13.0. The van der Waals surface area contributed by atoms with Gasteiger partial charge in [0.15, 0.2) is 0 Å². The first-order valence-corrected chi connectivity index (χ1v) is 7.80. The molecule has 1 aliphatic heterocycles. The monoisotopic (exact) mass is 291 g/mol. The van der Waals surface area contributed by atoms with Gasteiger partial charge in [0.1, 0.15) is 0 Å². The Morgan fingerprint density at radius 2 is 2.10 bits per heavy atom. The lowest BCUT2D eigenvalue weighted by Gasteiger charge is -2.25. The van der Waals surface area contributed by atoms with E-state index in [9.17, 15) is 4.79 Å². The van der Waals surface area contributed by atoms with Crippen LogP contribution in [0.4, 0.5) is 5.69 Å². The van der Waals surface area contributed by atoms with Gasteiger partial charge in [-0.15, -0.1) is 0 Å². The van der Waals surface area contributed by atoms with Gasteiger partial charge in [0.05, 0.1) is 12.5 Å². The van der Waals surface area contributed by atoms with E-state index in [2.05, 4.69) is 36.1 Å². The Bertz CT molecular complexity index is 438. The molecule has 1 unspecified atom stereocenters. The molecular weight excluding hydrogens is 266 g/mol. The third kappa shape index (κ3) is 5.38. The Balaban J connectivity index is 1.87. The fourth-order valence-electron chi connectivity index (χ4n) is 2.74. The van der Waals surface area contributed by atoms with Crippen molar-refractivity contribution in [2.24, 2.45) is 0 Å². The van der Waals surface area contributed by atoms with E-state index in [-0.39, 0.29) is 6.42 Å². The van der Waals surface area contributed by atoms with E-state index in [1.54, 1.807) is 0 Å². The van der Waals surface area contributed by atoms with Crippen molar-refractivity contribution in [2.45, 2.75) is 45.1 Å². The molecule has 1 saturated heterocycles. The van der Waals surface area contributed by atoms with Crippen LogP contribution in [-0.2, 0) is 9.53 Å². The van der Waals surface area contributed by atoms with Crippen molar-refractivity contribution in [3.63, 3.8) is 0 Å². The molecule has 21 heavy (non-hydrogen) atoms. The fourth-order valence-corrected chi connectivity index (χ4v) is 2.74. The Morgan fingerprint density at radius 3 is 2.71 bits per heavy atom. The fraction of sp³-hybridized carbons (Fsp3) is 0.588. The summed E-state index contributed by atoms with van der Waals surface area (Å²) in [5, 5.41) is 8.90. The standard InChI is InChI=1S/C17H25NO3/c1-14-6-8-15(9-7-14)18(12-10-17(19)20)11-2-4-16-5-3-13-21-16/h6-9,16H,2-5,10-13H2,1H3,(H,19,20). The van der Waals surface area contributed by atoms with E-state index in [4.69, 9.17) is 9.84 Å². The molecule has 116 valence electrons. The lowest BCUT2D eigenvalue weighted by Crippen LogP contribution is -2.28. The highest BCUT2D eigenvalue weighted by Crippen LogP contribution is 2.20. The van der Waals surface area contributed by atoms with E-state index in [0.29, 0.717) is 12.6 Å². The third-order valence-corrected chi connectivity index (χ3v) is 3.97. The van der Waals surface area contributed by atoms with Crippen molar-refractivity contribution >= 4 is 11.7 Å². The van der Waals surface area contributed by atoms with Gasteiger partial charge in [-0.05, 0) is 44.7 Å². The summed E-state index contributed by atoms with van der Waals surface area (Å²) in [7, 11) is 0. The normalized spacial score (nSPS) is 17.9. The number of nitrogens with zero attached hydrogens (tertiary/aromatic N) is 1. The molecule has 2 rings (SSSR count). The zero-order valence-corrected chi connectivity index (χ0v) is 12.8. The van der Waals surface area contributed by atoms with Gasteiger partial charge in [-0.1, -0.05) is 17.7 Å². The van der Waals surface area contributed by atoms with Gasteiger partial charge in [-0.2, -0.15) is 0 Å². The molecule has 0 bridgehead atoms. The van der Waals surface area contributed by atoms with E-state index >= 15 is 0 Å². The van der Waals surface area contributed by atoms with Crippen LogP contribution in [0.2, 0.25) is 0 Å². The van der Waals surface area contributed by atoms with Crippen LogP contribution in [-0.4, -0.2) is 36.9 Å². The van der Waals surface area contributed by atoms with Crippen molar-refractivity contribution in [3.8, 4) is 0 Å². The van der Waals surface area contributed by atoms with Crippen molar-refractivity contribution in [1.82, 2.24) is 0 Å². The lowest BCUT2D eigenvalue weighted by atomic mass is 10.1. The first kappa shape index (κ1) is 15.8. The number of hydrogen-bond acceptors (Lipinski definition) is 3. The summed E-state index contributed by atoms with van der Waals surface area (Å²) in [6, 6.07) is 8.29. The molecule has 4 nitrogen and oxygen atoms in total. The van der Waals surface area contributed by atoms with Crippen molar-refractivity contribution in [3.05, 3.63) is 29.8 Å². The quantitative estimate of drug-likeness (QED) is 0.799. The Labute approximate surface area is 126 Å². The second-order valence-electron chi connectivity index (χ2n) is 5.74. The zero-order valence-electron chi connectivity index (χ0n) is 12.8. The molecule has 0 aliphatic carbocycles. The molecular formula is C17H25NO3. The average molecular weight is 291 g/mol. The maximum absolute atomic E-state index is 10.8. The molecule has 1 aromatic rings. The SMILES string of the molecule is Cc1ccc(N(CCCC2CCCO2)CCC(=O)O)cc1. The van der Waals surface area contributed by atoms with Gasteiger partial charge < -0.3 is 14.7 Å². The molecule has 4 heteroatoms. The lowest BCUT2D eigenvalue weighted by molar-refractivity contribution is -0.136. The van der Waals surface area contributed by atoms with Crippen LogP contribution in [0.3, 0.4) is 0 Å². The summed E-state index contributed by atoms with van der Waals surface area (Å²) < 4.78 is 5.64. The molecule has 0 aromatic heterocycles. The zero-order chi connectivity index (χ0) is 15.1. The molecule has 0 spiro atoms. The molecule has 1 fully saturated rings. The first-order chi connectivity index (χ1) is 10.1. The van der Waals surface area contributed by atoms with Crippen molar-refractivity contribution in [2.75, 3.05) is 24.6 Å². The molecule has 1 atom stereocenters. The molecule has 1 heterocycles. The van der Waals surface area contributed by atoms with Crippen LogP contribution in [0.25, 0.3) is 0 Å². The van der Waals surface area contributed by atoms with Crippen LogP contribution in [0.15, 0.2) is 24.3 Å². The highest BCUT2D eigenvalue weighted by atomic mass is 16.5. The highest BCUT2D eigenvalue weighted by molar-refractivity contribution is 5.67. The minimum Gasteiger partial charge on any atom is -0.481 e. The molecule has 0 amide bonds. The number of benzene rings is 1. The smallest absolute Gasteiger partial charge is 0.305 e. The van der Waals surface area contributed by atoms with Crippen LogP contribution >= 0.6 is 0 Å². The van der Waals surface area contributed by atoms with E-state index in [0.717, 1.165) is 31.7 Å². The summed E-state index contributed by atoms with van der Waals surface area (Å²) in [5.41, 5.74) is 2.32. The van der Waals surface area contributed by atoms with E-state index in [1.165, 1.54) is 18.4 Å². The van der Waals surface area contributed by atoms with Gasteiger partial charge in [-0.25, -0.2) is 0 Å². The predicted molar refractivity (Wildman–Crippen MR) is 83.9 cm³/mol. The molecule has 0 radical (unpaired) electrons. The molecule has 0 saturated carbocycles. The topological polar surface area (TPSA) is 49.8 Å². The number of carbonyl (C=O) groups is 1. The van der Waals surface area contributed by atoms with Gasteiger partial charge in [0.25, 0.3) is 0 Å². The maximum Gasteiger partial charge on any atom is 0.305 e. The second kappa shape index (κ2) is 8.03. The van der Waals surface area contributed by atoms with Gasteiger partial charge in [0.2, 0.25) is 0 Å². The summed E-state index contributed by atoms with van der Waals surface area (Å²) in [5.74, 6) is -0.744. The van der Waals surface area contributed by atoms with E-state index in [1.807, 2.05) is 0 Å². The molecule has 1 N–H and O–H groups in total. The summed E-state index contributed by atoms with van der Waals surface area (Å²) in [6.07, 6.45) is 5.02. The Kier molecular flexibility index (Phi) is 6.05. The average Bonchev–Trinajstić information content (AvgIpc) is 2.97. The predicted octanol–water partition coefficient (Wildman–Crippen LogP) is 3.24. The summed E-state index contributed by atoms with van der Waals surface area (Å²) in [6.45, 7) is 4.40. The van der Waals surface area contributed by atoms with Crippen LogP contribution in [0, 0.1) is 6.92 Å². The molecule has 1 aliphatic rings. The number of hydrogen-bond donors (Lipinski definition) is 1. The van der Waals surface area contributed by atoms with Crippen LogP contribution in [0.5, 0.6) is 0 Å². The number of carboxylic acids is 1. The van der Waals surface area contributed by atoms with Crippen molar-refractivity contribution in [1.29, 1.82) is 0 Å². The minimum atomic E-state index is -0.744. The number of anilines is 1. The molecule has 1 aromatic carbocycles. The number of rotatable bonds is 8. The second-order valence-corrected chi connectivity index (χ2v) is 5.74. The Morgan fingerprint density at radius 1 is 1.33 bits per heavy atom. The van der Waals surface area contributed by atoms with Crippen LogP contribution < -0.4 is 4.90 Å². The Hall–Kier alpha value is -1.55. The van der Waals surface area contributed by atoms with Gasteiger partial charge in [-0.3, -0.25) is 4.79 Å². The number of ether oxygens (including phenoxy) is 1. The van der Waals surface area contributed by atoms with Gasteiger partial charge >= 0.3 is 5.97 Å². The van der Waals surface area contributed by atoms with Gasteiger partial charge in [0, 0.05) is 25.4 Å². The van der Waals surface area contributed by atoms with Crippen molar-refractivity contribution < 1.29 is 14.6 Å². The highest BCUT2D eigenvalue weighted by Gasteiger charge is 2.16. The summed E-state index contributed by atoms with van der Waals surface area (Å²) >= 11 is 0. The van der Waals surface area contributed by atoms with Crippen LogP contribution in [0.1, 0.15) is 37.7 Å². The maximum atomic E-state index is 10.8. The minimum absolute atomic E-state index is 0.174. The first-order valence-electron chi connectivity index (χ1n) is 7.80.